The van der Waals surface area contributed by atoms with Gasteiger partial charge >= 0.3 is 0 Å². The van der Waals surface area contributed by atoms with Gasteiger partial charge in [-0.15, -0.1) is 6.58 Å². The highest BCUT2D eigenvalue weighted by Gasteiger charge is 2.18. The topological polar surface area (TPSA) is 115 Å². The van der Waals surface area contributed by atoms with Gasteiger partial charge in [-0.2, -0.15) is 10.1 Å². The molecule has 32 heavy (non-hydrogen) atoms. The number of aromatic amines is 1. The van der Waals surface area contributed by atoms with Crippen LogP contribution in [0.15, 0.2) is 41.4 Å². The van der Waals surface area contributed by atoms with Gasteiger partial charge in [-0.05, 0) is 43.4 Å². The number of hydrogen-bond acceptors (Lipinski definition) is 8. The molecule has 164 valence electrons. The number of aryl methyl sites for hydroxylation is 2. The zero-order valence-corrected chi connectivity index (χ0v) is 19.4. The van der Waals surface area contributed by atoms with Crippen molar-refractivity contribution < 1.29 is 9.32 Å². The monoisotopic (exact) mass is 487 g/mol. The fourth-order valence-corrected chi connectivity index (χ4v) is 4.24. The maximum Gasteiger partial charge on any atom is 0.227 e. The summed E-state index contributed by atoms with van der Waals surface area (Å²) in [6.45, 7) is 6.12. The first kappa shape index (κ1) is 22.1. The number of allylic oxidation sites excluding steroid dienone is 1. The number of aromatic nitrogens is 6. The maximum atomic E-state index is 12.4. The van der Waals surface area contributed by atoms with Gasteiger partial charge in [0, 0.05) is 30.0 Å². The number of thiazole rings is 1. The van der Waals surface area contributed by atoms with Crippen LogP contribution in [0.4, 0.5) is 5.13 Å². The Bertz CT molecular complexity index is 1320. The molecule has 0 aliphatic rings. The molecule has 0 fully saturated rings. The lowest BCUT2D eigenvalue weighted by molar-refractivity contribution is -0.116. The van der Waals surface area contributed by atoms with Gasteiger partial charge in [-0.25, -0.2) is 4.98 Å². The molecule has 4 aromatic rings. The molecule has 0 unspecified atom stereocenters. The normalized spacial score (nSPS) is 10.9. The minimum Gasteiger partial charge on any atom is -0.339 e. The summed E-state index contributed by atoms with van der Waals surface area (Å²) >= 11 is 12.5. The summed E-state index contributed by atoms with van der Waals surface area (Å²) in [4.78, 5) is 22.0. The molecule has 1 amide bonds. The molecule has 0 spiro atoms. The summed E-state index contributed by atoms with van der Waals surface area (Å²) in [5, 5.41) is 14.9. The van der Waals surface area contributed by atoms with E-state index in [4.69, 9.17) is 28.3 Å². The van der Waals surface area contributed by atoms with Crippen LogP contribution in [-0.2, 0) is 17.8 Å². The third-order valence-corrected chi connectivity index (χ3v) is 6.08. The number of benzene rings is 1. The van der Waals surface area contributed by atoms with Crippen molar-refractivity contribution in [1.29, 1.82) is 0 Å². The van der Waals surface area contributed by atoms with E-state index < -0.39 is 0 Å². The van der Waals surface area contributed by atoms with E-state index >= 15 is 0 Å². The SMILES string of the molecule is C=CCn1c(-c2sc(NC(=O)CCc3nc(-c4ccc(Cl)cc4)no3)nc2C)n[nH]c1=S. The van der Waals surface area contributed by atoms with Crippen LogP contribution in [0.1, 0.15) is 18.0 Å². The summed E-state index contributed by atoms with van der Waals surface area (Å²) in [5.41, 5.74) is 1.53. The molecule has 0 atom stereocenters. The molecule has 0 bridgehead atoms. The number of rotatable bonds is 8. The molecule has 1 aromatic carbocycles. The van der Waals surface area contributed by atoms with Gasteiger partial charge in [0.1, 0.15) is 0 Å². The average molecular weight is 488 g/mol. The Morgan fingerprint density at radius 2 is 2.16 bits per heavy atom. The first-order valence-electron chi connectivity index (χ1n) is 9.57. The van der Waals surface area contributed by atoms with Crippen molar-refractivity contribution in [2.75, 3.05) is 5.32 Å². The van der Waals surface area contributed by atoms with Gasteiger partial charge in [0.25, 0.3) is 0 Å². The van der Waals surface area contributed by atoms with Gasteiger partial charge in [-0.3, -0.25) is 14.5 Å². The van der Waals surface area contributed by atoms with Gasteiger partial charge in [0.15, 0.2) is 15.7 Å². The molecular formula is C20H18ClN7O2S2. The quantitative estimate of drug-likeness (QED) is 0.270. The zero-order valence-electron chi connectivity index (χ0n) is 17.0. The van der Waals surface area contributed by atoms with Crippen molar-refractivity contribution in [3.63, 3.8) is 0 Å². The molecule has 0 aliphatic carbocycles. The molecule has 12 heteroatoms. The molecule has 4 rings (SSSR count). The fraction of sp³-hybridized carbons (Fsp3) is 0.200. The van der Waals surface area contributed by atoms with E-state index in [1.54, 1.807) is 30.3 Å². The fourth-order valence-electron chi connectivity index (χ4n) is 2.92. The third-order valence-electron chi connectivity index (χ3n) is 4.45. The van der Waals surface area contributed by atoms with Crippen LogP contribution in [0, 0.1) is 11.7 Å². The lowest BCUT2D eigenvalue weighted by atomic mass is 10.2. The second-order valence-electron chi connectivity index (χ2n) is 6.75. The van der Waals surface area contributed by atoms with E-state index in [9.17, 15) is 4.79 Å². The van der Waals surface area contributed by atoms with Gasteiger partial charge < -0.3 is 9.84 Å². The van der Waals surface area contributed by atoms with Gasteiger partial charge in [0.2, 0.25) is 17.6 Å². The van der Waals surface area contributed by atoms with E-state index in [2.05, 4.69) is 37.2 Å². The van der Waals surface area contributed by atoms with E-state index in [0.29, 0.717) is 45.4 Å². The van der Waals surface area contributed by atoms with Crippen LogP contribution in [0.25, 0.3) is 22.1 Å². The maximum absolute atomic E-state index is 12.4. The molecule has 9 nitrogen and oxygen atoms in total. The molecule has 0 saturated heterocycles. The Balaban J connectivity index is 1.39. The van der Waals surface area contributed by atoms with Crippen LogP contribution in [0.5, 0.6) is 0 Å². The molecular weight excluding hydrogens is 470 g/mol. The van der Waals surface area contributed by atoms with Crippen LogP contribution in [-0.4, -0.2) is 35.8 Å². The number of carbonyl (C=O) groups is 1. The van der Waals surface area contributed by atoms with Gasteiger partial charge in [-0.1, -0.05) is 34.2 Å². The Labute approximate surface area is 197 Å². The standard InChI is InChI=1S/C20H18ClN7O2S2/c1-3-10-28-18(25-26-20(28)31)16-11(2)22-19(32-16)23-14(29)8-9-15-24-17(27-30-15)12-4-6-13(21)7-5-12/h3-7H,1,8-10H2,2H3,(H,26,31)(H,22,23,29). The number of carbonyl (C=O) groups excluding carboxylic acids is 1. The van der Waals surface area contributed by atoms with E-state index in [1.807, 2.05) is 11.5 Å². The highest BCUT2D eigenvalue weighted by atomic mass is 35.5. The van der Waals surface area contributed by atoms with Crippen molar-refractivity contribution in [2.24, 2.45) is 0 Å². The van der Waals surface area contributed by atoms with Gasteiger partial charge in [0.05, 0.1) is 10.6 Å². The Morgan fingerprint density at radius 1 is 1.38 bits per heavy atom. The van der Waals surface area contributed by atoms with Crippen molar-refractivity contribution in [3.05, 3.63) is 58.3 Å². The number of hydrogen-bond donors (Lipinski definition) is 2. The first-order valence-corrected chi connectivity index (χ1v) is 11.2. The molecule has 0 saturated carbocycles. The van der Waals surface area contributed by atoms with Crippen molar-refractivity contribution in [3.8, 4) is 22.1 Å². The molecule has 0 aliphatic heterocycles. The van der Waals surface area contributed by atoms with Crippen LogP contribution in [0.3, 0.4) is 0 Å². The summed E-state index contributed by atoms with van der Waals surface area (Å²) in [5.74, 6) is 1.28. The van der Waals surface area contributed by atoms with Crippen LogP contribution >= 0.6 is 35.2 Å². The van der Waals surface area contributed by atoms with E-state index in [0.717, 1.165) is 16.1 Å². The minimum atomic E-state index is -0.207. The molecule has 2 N–H and O–H groups in total. The van der Waals surface area contributed by atoms with Crippen molar-refractivity contribution >= 4 is 46.2 Å². The Hall–Kier alpha value is -3.15. The summed E-state index contributed by atoms with van der Waals surface area (Å²) in [6, 6.07) is 7.11. The highest BCUT2D eigenvalue weighted by molar-refractivity contribution is 7.71. The number of H-pyrrole nitrogens is 1. The van der Waals surface area contributed by atoms with E-state index in [-0.39, 0.29) is 12.3 Å². The number of amides is 1. The van der Waals surface area contributed by atoms with Crippen molar-refractivity contribution in [1.82, 2.24) is 29.9 Å². The third kappa shape index (κ3) is 4.85. The smallest absolute Gasteiger partial charge is 0.227 e. The zero-order chi connectivity index (χ0) is 22.7. The average Bonchev–Trinajstić information content (AvgIpc) is 3.47. The highest BCUT2D eigenvalue weighted by Crippen LogP contribution is 2.31. The number of halogens is 1. The predicted molar refractivity (Wildman–Crippen MR) is 125 cm³/mol. The summed E-state index contributed by atoms with van der Waals surface area (Å²) in [7, 11) is 0. The van der Waals surface area contributed by atoms with Crippen LogP contribution < -0.4 is 5.32 Å². The van der Waals surface area contributed by atoms with Crippen LogP contribution in [0.2, 0.25) is 5.02 Å². The lowest BCUT2D eigenvalue weighted by Gasteiger charge is -2.01. The summed E-state index contributed by atoms with van der Waals surface area (Å²) < 4.78 is 7.57. The second kappa shape index (κ2) is 9.55. The molecule has 3 heterocycles. The Kier molecular flexibility index (Phi) is 6.58. The van der Waals surface area contributed by atoms with E-state index in [1.165, 1.54) is 11.3 Å². The predicted octanol–water partition coefficient (Wildman–Crippen LogP) is 4.83. The minimum absolute atomic E-state index is 0.172. The lowest BCUT2D eigenvalue weighted by Crippen LogP contribution is -2.12. The number of nitrogens with one attached hydrogen (secondary N) is 2. The first-order chi connectivity index (χ1) is 15.4. The Morgan fingerprint density at radius 3 is 2.91 bits per heavy atom. The number of anilines is 1. The van der Waals surface area contributed by atoms with Crippen molar-refractivity contribution in [2.45, 2.75) is 26.3 Å². The number of nitrogens with zero attached hydrogens (tertiary/aromatic N) is 5. The summed E-state index contributed by atoms with van der Waals surface area (Å²) in [6.07, 6.45) is 2.22. The molecule has 0 radical (unpaired) electrons. The largest absolute Gasteiger partial charge is 0.339 e. The second-order valence-corrected chi connectivity index (χ2v) is 8.57. The molecule has 3 aromatic heterocycles.